The summed E-state index contributed by atoms with van der Waals surface area (Å²) in [4.78, 5) is 40.4. The zero-order chi connectivity index (χ0) is 31.9. The van der Waals surface area contributed by atoms with Gasteiger partial charge in [-0.15, -0.1) is 11.3 Å². The van der Waals surface area contributed by atoms with Crippen LogP contribution in [0.5, 0.6) is 0 Å². The van der Waals surface area contributed by atoms with Gasteiger partial charge in [-0.2, -0.15) is 0 Å². The molecule has 1 spiro atoms. The number of allylic oxidation sites excluding steroid dienone is 3. The molecule has 0 bridgehead atoms. The maximum Gasteiger partial charge on any atom is 0.265 e. The molecule has 1 aromatic heterocycles. The summed E-state index contributed by atoms with van der Waals surface area (Å²) in [5.41, 5.74) is 0.588. The van der Waals surface area contributed by atoms with Crippen molar-refractivity contribution < 1.29 is 18.4 Å². The van der Waals surface area contributed by atoms with E-state index in [0.29, 0.717) is 23.5 Å². The summed E-state index contributed by atoms with van der Waals surface area (Å²) in [7, 11) is 0. The highest BCUT2D eigenvalue weighted by Crippen LogP contribution is 2.47. The third kappa shape index (κ3) is 5.33. The number of thiophene rings is 1. The predicted octanol–water partition coefficient (Wildman–Crippen LogP) is 7.10. The molecule has 46 heavy (non-hydrogen) atoms. The molecule has 9 heteroatoms. The summed E-state index contributed by atoms with van der Waals surface area (Å²) in [6, 6.07) is 19.8. The molecule has 3 aliphatic heterocycles. The van der Waals surface area contributed by atoms with E-state index in [4.69, 9.17) is 4.99 Å². The Labute approximate surface area is 272 Å². The fourth-order valence-corrected chi connectivity index (χ4v) is 8.40. The second kappa shape index (κ2) is 12.3. The van der Waals surface area contributed by atoms with Crippen molar-refractivity contribution in [2.75, 3.05) is 37.6 Å². The zero-order valence-electron chi connectivity index (χ0n) is 26.0. The molecule has 2 amide bonds. The Bertz CT molecular complexity index is 1690. The Morgan fingerprint density at radius 1 is 0.870 bits per heavy atom. The quantitative estimate of drug-likeness (QED) is 0.264. The van der Waals surface area contributed by atoms with Crippen molar-refractivity contribution in [2.24, 2.45) is 16.3 Å². The van der Waals surface area contributed by atoms with Gasteiger partial charge in [0.15, 0.2) is 5.54 Å². The third-order valence-corrected chi connectivity index (χ3v) is 11.1. The number of carbonyl (C=O) groups is 2. The van der Waals surface area contributed by atoms with E-state index in [0.717, 1.165) is 62.4 Å². The van der Waals surface area contributed by atoms with E-state index >= 15 is 0 Å². The first-order valence-corrected chi connectivity index (χ1v) is 17.1. The van der Waals surface area contributed by atoms with Gasteiger partial charge in [0, 0.05) is 25.2 Å². The largest absolute Gasteiger partial charge is 0.312 e. The van der Waals surface area contributed by atoms with Gasteiger partial charge in [-0.3, -0.25) is 14.5 Å². The smallest absolute Gasteiger partial charge is 0.265 e. The predicted molar refractivity (Wildman–Crippen MR) is 178 cm³/mol. The number of hydrogen-bond donors (Lipinski definition) is 0. The lowest BCUT2D eigenvalue weighted by Crippen LogP contribution is -2.46. The minimum Gasteiger partial charge on any atom is -0.312 e. The maximum absolute atomic E-state index is 14.7. The van der Waals surface area contributed by atoms with E-state index in [1.165, 1.54) is 29.5 Å². The summed E-state index contributed by atoms with van der Waals surface area (Å²) < 4.78 is 28.4. The van der Waals surface area contributed by atoms with Crippen molar-refractivity contribution in [3.8, 4) is 0 Å². The maximum atomic E-state index is 14.7. The van der Waals surface area contributed by atoms with E-state index in [9.17, 15) is 18.4 Å². The number of rotatable bonds is 8. The van der Waals surface area contributed by atoms with E-state index in [-0.39, 0.29) is 35.4 Å². The Morgan fingerprint density at radius 3 is 2.30 bits per heavy atom. The average molecular weight is 641 g/mol. The van der Waals surface area contributed by atoms with Crippen LogP contribution in [0.25, 0.3) is 0 Å². The van der Waals surface area contributed by atoms with Gasteiger partial charge in [-0.05, 0) is 104 Å². The highest BCUT2D eigenvalue weighted by molar-refractivity contribution is 7.12. The number of hydrogen-bond acceptors (Lipinski definition) is 5. The van der Waals surface area contributed by atoms with Crippen LogP contribution in [-0.4, -0.2) is 60.2 Å². The molecule has 7 rings (SSSR count). The molecule has 2 aromatic carbocycles. The number of piperidine rings is 1. The minimum absolute atomic E-state index is 0.188. The molecule has 6 nitrogen and oxygen atoms in total. The number of nitrogens with zero attached hydrogens (tertiary/aromatic N) is 4. The Kier molecular flexibility index (Phi) is 8.23. The first kappa shape index (κ1) is 30.7. The lowest BCUT2D eigenvalue weighted by molar-refractivity contribution is -0.131. The van der Waals surface area contributed by atoms with Crippen LogP contribution in [0.2, 0.25) is 0 Å². The fraction of sp³-hybridized carbons (Fsp3) is 0.378. The van der Waals surface area contributed by atoms with Crippen molar-refractivity contribution in [3.63, 3.8) is 0 Å². The van der Waals surface area contributed by atoms with Crippen LogP contribution in [-0.2, 0) is 15.1 Å². The number of benzene rings is 2. The minimum atomic E-state index is -1.39. The number of anilines is 1. The van der Waals surface area contributed by atoms with Crippen molar-refractivity contribution in [2.45, 2.75) is 44.6 Å². The molecule has 1 aliphatic carbocycles. The fourth-order valence-electron chi connectivity index (χ4n) is 7.68. The van der Waals surface area contributed by atoms with Gasteiger partial charge in [0.1, 0.15) is 17.5 Å². The van der Waals surface area contributed by atoms with E-state index in [2.05, 4.69) is 4.90 Å². The molecule has 3 aromatic rings. The van der Waals surface area contributed by atoms with E-state index < -0.39 is 11.4 Å². The van der Waals surface area contributed by atoms with Crippen molar-refractivity contribution >= 4 is 34.7 Å². The lowest BCUT2D eigenvalue weighted by Gasteiger charge is -2.38. The molecule has 2 saturated heterocycles. The van der Waals surface area contributed by atoms with Gasteiger partial charge in [-0.1, -0.05) is 49.4 Å². The first-order valence-electron chi connectivity index (χ1n) is 16.2. The first-order chi connectivity index (χ1) is 22.3. The van der Waals surface area contributed by atoms with Crippen LogP contribution < -0.4 is 4.90 Å². The van der Waals surface area contributed by atoms with Gasteiger partial charge in [-0.25, -0.2) is 13.8 Å². The van der Waals surface area contributed by atoms with Crippen LogP contribution >= 0.6 is 11.3 Å². The normalized spacial score (nSPS) is 24.8. The van der Waals surface area contributed by atoms with Crippen LogP contribution in [0.4, 0.5) is 14.5 Å². The van der Waals surface area contributed by atoms with Gasteiger partial charge in [0.2, 0.25) is 5.91 Å². The van der Waals surface area contributed by atoms with Crippen LogP contribution in [0.15, 0.2) is 101 Å². The summed E-state index contributed by atoms with van der Waals surface area (Å²) in [5, 5.41) is 1.96. The number of likely N-dealkylation sites (tertiary alicyclic amines) is 1. The Morgan fingerprint density at radius 2 is 1.61 bits per heavy atom. The number of amidine groups is 1. The summed E-state index contributed by atoms with van der Waals surface area (Å²) in [6.45, 7) is 5.62. The summed E-state index contributed by atoms with van der Waals surface area (Å²) in [5.74, 6) is -0.226. The monoisotopic (exact) mass is 640 g/mol. The van der Waals surface area contributed by atoms with Crippen molar-refractivity contribution in [1.29, 1.82) is 0 Å². The Hall–Kier alpha value is -3.95. The molecule has 2 atom stereocenters. The standard InChI is InChI=1S/C37H38F2N4O2S/c1-26-25-29(39)14-15-31(26)37(27-10-12-28(38)13-11-27)35(45)43(33(40-37)32-9-5-24-46-32)20-6-19-41-21-16-36(17-22-41)18-23-42(34(36)44)30-7-3-2-4-8-30/h2-5,7-15,24,26H,6,16-23,25H2,1H3. The molecule has 0 saturated carbocycles. The van der Waals surface area contributed by atoms with Gasteiger partial charge < -0.3 is 9.80 Å². The Balaban J connectivity index is 1.08. The second-order valence-corrected chi connectivity index (χ2v) is 13.9. The van der Waals surface area contributed by atoms with Crippen LogP contribution in [0.3, 0.4) is 0 Å². The molecule has 0 N–H and O–H groups in total. The molecular formula is C37H38F2N4O2S. The molecule has 2 fully saturated rings. The molecule has 2 unspecified atom stereocenters. The molecule has 4 heterocycles. The lowest BCUT2D eigenvalue weighted by atomic mass is 9.74. The summed E-state index contributed by atoms with van der Waals surface area (Å²) >= 11 is 1.52. The van der Waals surface area contributed by atoms with E-state index in [1.54, 1.807) is 23.1 Å². The zero-order valence-corrected chi connectivity index (χ0v) is 26.8. The summed E-state index contributed by atoms with van der Waals surface area (Å²) in [6.07, 6.45) is 6.60. The van der Waals surface area contributed by atoms with Gasteiger partial charge in [0.05, 0.1) is 10.3 Å². The average Bonchev–Trinajstić information content (AvgIpc) is 3.78. The highest BCUT2D eigenvalue weighted by Gasteiger charge is 2.54. The SMILES string of the molecule is CC1CC(F)=CC=C1C1(c2ccc(F)cc2)N=C(c2cccs2)N(CCCN2CCC3(CC2)CCN(c2ccccc2)C3=O)C1=O. The van der Waals surface area contributed by atoms with Crippen LogP contribution in [0.1, 0.15) is 49.5 Å². The molecular weight excluding hydrogens is 602 g/mol. The number of aliphatic imine (C=N–C) groups is 1. The van der Waals surface area contributed by atoms with Gasteiger partial charge >= 0.3 is 0 Å². The molecule has 4 aliphatic rings. The number of carbonyl (C=O) groups excluding carboxylic acids is 2. The van der Waals surface area contributed by atoms with Crippen molar-refractivity contribution in [3.05, 3.63) is 112 Å². The highest BCUT2D eigenvalue weighted by atomic mass is 32.1. The second-order valence-electron chi connectivity index (χ2n) is 12.9. The van der Waals surface area contributed by atoms with Crippen molar-refractivity contribution in [1.82, 2.24) is 9.80 Å². The van der Waals surface area contributed by atoms with E-state index in [1.807, 2.05) is 59.7 Å². The van der Waals surface area contributed by atoms with Crippen LogP contribution in [0, 0.1) is 17.2 Å². The number of para-hydroxylation sites is 1. The number of halogens is 2. The molecule has 0 radical (unpaired) electrons. The number of amides is 2. The third-order valence-electron chi connectivity index (χ3n) is 10.2. The molecule has 238 valence electrons. The topological polar surface area (TPSA) is 56.2 Å². The van der Waals surface area contributed by atoms with Gasteiger partial charge in [0.25, 0.3) is 5.91 Å².